The number of nitrogen functional groups attached to an aromatic ring is 1. The Morgan fingerprint density at radius 2 is 1.95 bits per heavy atom. The lowest BCUT2D eigenvalue weighted by atomic mass is 10.1. The number of tetrazole rings is 1. The van der Waals surface area contributed by atoms with Crippen molar-refractivity contribution < 1.29 is 9.47 Å². The summed E-state index contributed by atoms with van der Waals surface area (Å²) < 4.78 is 12.4. The lowest BCUT2D eigenvalue weighted by Crippen LogP contribution is -2.07. The fourth-order valence-corrected chi connectivity index (χ4v) is 2.48. The number of methoxy groups -OCH3 is 2. The monoisotopic (exact) mass is 289 g/mol. The summed E-state index contributed by atoms with van der Waals surface area (Å²) in [5, 5.41) is 12.0. The van der Waals surface area contributed by atoms with Gasteiger partial charge < -0.3 is 15.2 Å². The van der Waals surface area contributed by atoms with E-state index in [-0.39, 0.29) is 0 Å². The number of nitrogens with zero attached hydrogens (tertiary/aromatic N) is 4. The lowest BCUT2D eigenvalue weighted by Gasteiger charge is -2.12. The van der Waals surface area contributed by atoms with Gasteiger partial charge in [0.25, 0.3) is 0 Å². The predicted octanol–water partition coefficient (Wildman–Crippen LogP) is 1.60. The van der Waals surface area contributed by atoms with E-state index in [1.54, 1.807) is 20.3 Å². The molecule has 0 radical (unpaired) electrons. The van der Waals surface area contributed by atoms with Gasteiger partial charge >= 0.3 is 0 Å². The van der Waals surface area contributed by atoms with Gasteiger partial charge in [-0.2, -0.15) is 0 Å². The highest BCUT2D eigenvalue weighted by atomic mass is 16.5. The molecular weight excluding hydrogens is 270 g/mol. The Bertz CT molecular complexity index is 655. The minimum absolute atomic E-state index is 0.563. The van der Waals surface area contributed by atoms with E-state index >= 15 is 0 Å². The molecule has 0 aliphatic heterocycles. The average Bonchev–Trinajstić information content (AvgIpc) is 2.98. The molecule has 2 atom stereocenters. The number of anilines is 1. The molecule has 2 unspecified atom stereocenters. The SMILES string of the molecule is COc1cc(N)c(-c2nnnn2CC2CC2C)cc1OC. The number of ether oxygens (including phenoxy) is 2. The zero-order chi connectivity index (χ0) is 15.0. The van der Waals surface area contributed by atoms with Crippen LogP contribution in [-0.4, -0.2) is 34.4 Å². The molecular formula is C14H19N5O2. The number of hydrogen-bond acceptors (Lipinski definition) is 6. The third kappa shape index (κ3) is 2.51. The van der Waals surface area contributed by atoms with Crippen molar-refractivity contribution in [1.82, 2.24) is 20.2 Å². The van der Waals surface area contributed by atoms with Gasteiger partial charge in [0.1, 0.15) is 0 Å². The Morgan fingerprint density at radius 1 is 1.29 bits per heavy atom. The third-order valence-corrected chi connectivity index (χ3v) is 4.01. The first-order valence-corrected chi connectivity index (χ1v) is 6.92. The number of aromatic nitrogens is 4. The van der Waals surface area contributed by atoms with Gasteiger partial charge in [0, 0.05) is 23.9 Å². The summed E-state index contributed by atoms with van der Waals surface area (Å²) in [7, 11) is 3.17. The molecule has 1 aromatic heterocycles. The second kappa shape index (κ2) is 5.23. The third-order valence-electron chi connectivity index (χ3n) is 4.01. The summed E-state index contributed by atoms with van der Waals surface area (Å²) in [4.78, 5) is 0. The molecule has 7 nitrogen and oxygen atoms in total. The molecule has 3 rings (SSSR count). The molecule has 0 spiro atoms. The predicted molar refractivity (Wildman–Crippen MR) is 78.0 cm³/mol. The number of hydrogen-bond donors (Lipinski definition) is 1. The maximum Gasteiger partial charge on any atom is 0.184 e. The van der Waals surface area contributed by atoms with Crippen molar-refractivity contribution >= 4 is 5.69 Å². The molecule has 0 amide bonds. The fraction of sp³-hybridized carbons (Fsp3) is 0.500. The van der Waals surface area contributed by atoms with Crippen molar-refractivity contribution in [2.24, 2.45) is 11.8 Å². The Kier molecular flexibility index (Phi) is 3.40. The number of nitrogens with two attached hydrogens (primary N) is 1. The summed E-state index contributed by atoms with van der Waals surface area (Å²) in [5.74, 6) is 3.25. The van der Waals surface area contributed by atoms with Gasteiger partial charge in [-0.25, -0.2) is 4.68 Å². The second-order valence-electron chi connectivity index (χ2n) is 5.45. The smallest absolute Gasteiger partial charge is 0.184 e. The molecule has 2 N–H and O–H groups in total. The molecule has 7 heteroatoms. The number of benzene rings is 1. The zero-order valence-corrected chi connectivity index (χ0v) is 12.4. The van der Waals surface area contributed by atoms with Crippen LogP contribution < -0.4 is 15.2 Å². The summed E-state index contributed by atoms with van der Waals surface area (Å²) in [6.45, 7) is 3.05. The van der Waals surface area contributed by atoms with Crippen LogP contribution in [0.1, 0.15) is 13.3 Å². The van der Waals surface area contributed by atoms with Crippen molar-refractivity contribution in [1.29, 1.82) is 0 Å². The molecule has 1 fully saturated rings. The minimum Gasteiger partial charge on any atom is -0.493 e. The molecule has 1 aliphatic carbocycles. The van der Waals surface area contributed by atoms with Crippen LogP contribution in [0, 0.1) is 11.8 Å². The van der Waals surface area contributed by atoms with Gasteiger partial charge in [-0.15, -0.1) is 5.10 Å². The highest BCUT2D eigenvalue weighted by Crippen LogP contribution is 2.40. The van der Waals surface area contributed by atoms with Crippen molar-refractivity contribution in [3.8, 4) is 22.9 Å². The molecule has 21 heavy (non-hydrogen) atoms. The van der Waals surface area contributed by atoms with Crippen molar-refractivity contribution in [2.75, 3.05) is 20.0 Å². The van der Waals surface area contributed by atoms with E-state index in [1.165, 1.54) is 6.42 Å². The quantitative estimate of drug-likeness (QED) is 0.841. The van der Waals surface area contributed by atoms with Crippen LogP contribution in [0.2, 0.25) is 0 Å². The minimum atomic E-state index is 0.563. The van der Waals surface area contributed by atoms with Gasteiger partial charge in [-0.3, -0.25) is 0 Å². The van der Waals surface area contributed by atoms with Crippen LogP contribution in [0.5, 0.6) is 11.5 Å². The van der Waals surface area contributed by atoms with E-state index in [0.29, 0.717) is 28.9 Å². The molecule has 0 bridgehead atoms. The second-order valence-corrected chi connectivity index (χ2v) is 5.45. The van der Waals surface area contributed by atoms with Gasteiger partial charge in [0.05, 0.1) is 14.2 Å². The zero-order valence-electron chi connectivity index (χ0n) is 12.4. The van der Waals surface area contributed by atoms with Crippen LogP contribution in [0.4, 0.5) is 5.69 Å². The Morgan fingerprint density at radius 3 is 2.57 bits per heavy atom. The first kappa shape index (κ1) is 13.7. The number of rotatable bonds is 5. The normalized spacial score (nSPS) is 20.3. The van der Waals surface area contributed by atoms with E-state index in [2.05, 4.69) is 22.4 Å². The Labute approximate surface area is 123 Å². The molecule has 1 heterocycles. The van der Waals surface area contributed by atoms with Gasteiger partial charge in [0.15, 0.2) is 17.3 Å². The summed E-state index contributed by atoms with van der Waals surface area (Å²) in [6.07, 6.45) is 1.22. The Hall–Kier alpha value is -2.31. The maximum atomic E-state index is 6.11. The van der Waals surface area contributed by atoms with Crippen LogP contribution in [0.15, 0.2) is 12.1 Å². The van der Waals surface area contributed by atoms with Gasteiger partial charge in [-0.05, 0) is 34.7 Å². The summed E-state index contributed by atoms with van der Waals surface area (Å²) in [5.41, 5.74) is 7.43. The van der Waals surface area contributed by atoms with Gasteiger partial charge in [0.2, 0.25) is 0 Å². The molecule has 2 aromatic rings. The van der Waals surface area contributed by atoms with Gasteiger partial charge in [-0.1, -0.05) is 6.92 Å². The van der Waals surface area contributed by atoms with Crippen molar-refractivity contribution in [2.45, 2.75) is 19.9 Å². The highest BCUT2D eigenvalue weighted by molar-refractivity contribution is 5.75. The van der Waals surface area contributed by atoms with E-state index in [0.717, 1.165) is 18.0 Å². The highest BCUT2D eigenvalue weighted by Gasteiger charge is 2.34. The lowest BCUT2D eigenvalue weighted by molar-refractivity contribution is 0.355. The first-order chi connectivity index (χ1) is 10.1. The molecule has 1 aromatic carbocycles. The summed E-state index contributed by atoms with van der Waals surface area (Å²) >= 11 is 0. The van der Waals surface area contributed by atoms with E-state index < -0.39 is 0 Å². The fourth-order valence-electron chi connectivity index (χ4n) is 2.48. The molecule has 112 valence electrons. The van der Waals surface area contributed by atoms with Crippen molar-refractivity contribution in [3.63, 3.8) is 0 Å². The summed E-state index contributed by atoms with van der Waals surface area (Å²) in [6, 6.07) is 3.54. The Balaban J connectivity index is 1.98. The first-order valence-electron chi connectivity index (χ1n) is 6.92. The standard InChI is InChI=1S/C14H19N5O2/c1-8-4-9(8)7-19-14(16-17-18-19)10-5-12(20-2)13(21-3)6-11(10)15/h5-6,8-9H,4,7,15H2,1-3H3. The van der Waals surface area contributed by atoms with E-state index in [4.69, 9.17) is 15.2 Å². The topological polar surface area (TPSA) is 88.1 Å². The molecule has 1 aliphatic rings. The van der Waals surface area contributed by atoms with E-state index in [1.807, 2.05) is 10.7 Å². The van der Waals surface area contributed by atoms with Crippen molar-refractivity contribution in [3.05, 3.63) is 12.1 Å². The van der Waals surface area contributed by atoms with Crippen LogP contribution in [0.3, 0.4) is 0 Å². The van der Waals surface area contributed by atoms with Crippen LogP contribution >= 0.6 is 0 Å². The van der Waals surface area contributed by atoms with E-state index in [9.17, 15) is 0 Å². The average molecular weight is 289 g/mol. The maximum absolute atomic E-state index is 6.11. The van der Waals surface area contributed by atoms with Crippen LogP contribution in [0.25, 0.3) is 11.4 Å². The van der Waals surface area contributed by atoms with Crippen LogP contribution in [-0.2, 0) is 6.54 Å². The molecule has 0 saturated heterocycles. The largest absolute Gasteiger partial charge is 0.493 e. The molecule has 1 saturated carbocycles.